The van der Waals surface area contributed by atoms with Crippen LogP contribution in [0.3, 0.4) is 0 Å². The molecule has 0 spiro atoms. The molecule has 0 heterocycles. The molecule has 0 aliphatic rings. The summed E-state index contributed by atoms with van der Waals surface area (Å²) >= 11 is 0. The molecule has 1 rings (SSSR count). The average Bonchev–Trinajstić information content (AvgIpc) is 2.21. The maximum Gasteiger partial charge on any atom is 0.179 e. The van der Waals surface area contributed by atoms with Crippen molar-refractivity contribution >= 4 is 5.78 Å². The first-order valence-corrected chi connectivity index (χ1v) is 4.98. The van der Waals surface area contributed by atoms with E-state index in [1.165, 1.54) is 0 Å². The number of hydrogen-bond acceptors (Lipinski definition) is 2. The van der Waals surface area contributed by atoms with Crippen molar-refractivity contribution < 1.29 is 13.6 Å². The van der Waals surface area contributed by atoms with Crippen molar-refractivity contribution in [1.29, 1.82) is 0 Å². The molecule has 0 bridgehead atoms. The molecule has 0 aliphatic carbocycles. The van der Waals surface area contributed by atoms with Gasteiger partial charge in [0, 0.05) is 6.54 Å². The Hall–Kier alpha value is -1.29. The monoisotopic (exact) mass is 226 g/mol. The van der Waals surface area contributed by atoms with Crippen LogP contribution >= 0.6 is 0 Å². The second-order valence-corrected chi connectivity index (χ2v) is 3.86. The number of carbonyl (C=O) groups is 1. The van der Waals surface area contributed by atoms with Crippen LogP contribution in [-0.2, 0) is 0 Å². The van der Waals surface area contributed by atoms with E-state index in [0.717, 1.165) is 24.1 Å². The van der Waals surface area contributed by atoms with Gasteiger partial charge in [0.25, 0.3) is 0 Å². The fourth-order valence-electron chi connectivity index (χ4n) is 1.23. The molecule has 16 heavy (non-hydrogen) atoms. The summed E-state index contributed by atoms with van der Waals surface area (Å²) in [6.45, 7) is 4.43. The lowest BCUT2D eigenvalue weighted by atomic mass is 10.1. The van der Waals surface area contributed by atoms with Crippen LogP contribution in [0.2, 0.25) is 0 Å². The van der Waals surface area contributed by atoms with Gasteiger partial charge in [0.15, 0.2) is 5.78 Å². The molecule has 0 saturated carbocycles. The Labute approximate surface area is 93.7 Å². The summed E-state index contributed by atoms with van der Waals surface area (Å²) in [5.74, 6) is -0.626. The average molecular weight is 226 g/mol. The van der Waals surface area contributed by atoms with Crippen LogP contribution in [0.5, 0.6) is 0 Å². The predicted molar refractivity (Wildman–Crippen MR) is 58.1 cm³/mol. The lowest BCUT2D eigenvalue weighted by Gasteiger charge is -2.06. The van der Waals surface area contributed by atoms with Crippen molar-refractivity contribution in [3.8, 4) is 0 Å². The largest absolute Gasteiger partial charge is 0.309 e. The number of hydrogen-bond donors (Lipinski definition) is 1. The van der Waals surface area contributed by atoms with Gasteiger partial charge in [0.05, 0.1) is 12.1 Å². The van der Waals surface area contributed by atoms with Crippen LogP contribution in [0.4, 0.5) is 8.78 Å². The quantitative estimate of drug-likeness (QED) is 0.781. The number of halogens is 2. The Bertz CT molecular complexity index is 377. The highest BCUT2D eigenvalue weighted by Crippen LogP contribution is 2.10. The zero-order chi connectivity index (χ0) is 12.1. The zero-order valence-electron chi connectivity index (χ0n) is 9.31. The second kappa shape index (κ2) is 5.70. The molecule has 1 N–H and O–H groups in total. The third kappa shape index (κ3) is 3.70. The van der Waals surface area contributed by atoms with Crippen LogP contribution in [0.15, 0.2) is 18.2 Å². The zero-order valence-corrected chi connectivity index (χ0v) is 9.31. The highest BCUT2D eigenvalue weighted by molar-refractivity contribution is 5.97. The van der Waals surface area contributed by atoms with E-state index >= 15 is 0 Å². The fraction of sp³-hybridized carbons (Fsp3) is 0.333. The third-order valence-electron chi connectivity index (χ3n) is 1.99. The van der Waals surface area contributed by atoms with Gasteiger partial charge < -0.3 is 5.32 Å². The first-order chi connectivity index (χ1) is 7.50. The Morgan fingerprint density at radius 2 is 1.94 bits per heavy atom. The standard InChI is InChI=1S/C12H14F2NO/c1-8(2)6-15-7-12(16)10-5-9(13)3-4-11(10)14/h3-5,15H,6-7H2,1-2H3. The molecule has 87 valence electrons. The predicted octanol–water partition coefficient (Wildman–Crippen LogP) is 2.35. The van der Waals surface area contributed by atoms with Gasteiger partial charge in [-0.2, -0.15) is 0 Å². The van der Waals surface area contributed by atoms with Gasteiger partial charge in [-0.15, -0.1) is 0 Å². The van der Waals surface area contributed by atoms with Crippen LogP contribution in [-0.4, -0.2) is 18.9 Å². The summed E-state index contributed by atoms with van der Waals surface area (Å²) in [4.78, 5) is 11.5. The fourth-order valence-corrected chi connectivity index (χ4v) is 1.23. The number of rotatable bonds is 5. The molecule has 1 radical (unpaired) electrons. The van der Waals surface area contributed by atoms with Crippen molar-refractivity contribution in [1.82, 2.24) is 5.32 Å². The summed E-state index contributed by atoms with van der Waals surface area (Å²) in [5.41, 5.74) is -0.207. The minimum atomic E-state index is -0.689. The summed E-state index contributed by atoms with van der Waals surface area (Å²) in [7, 11) is 0. The maximum atomic E-state index is 13.2. The topological polar surface area (TPSA) is 29.1 Å². The van der Waals surface area contributed by atoms with E-state index in [0.29, 0.717) is 6.54 Å². The van der Waals surface area contributed by atoms with Gasteiger partial charge in [-0.05, 0) is 24.1 Å². The molecule has 0 fully saturated rings. The maximum absolute atomic E-state index is 13.2. The molecule has 4 heteroatoms. The lowest BCUT2D eigenvalue weighted by Crippen LogP contribution is -2.26. The highest BCUT2D eigenvalue weighted by Gasteiger charge is 2.12. The van der Waals surface area contributed by atoms with Crippen LogP contribution in [0.1, 0.15) is 24.2 Å². The van der Waals surface area contributed by atoms with E-state index < -0.39 is 17.4 Å². The molecule has 0 atom stereocenters. The lowest BCUT2D eigenvalue weighted by molar-refractivity contribution is 0.0987. The molecule has 0 saturated heterocycles. The van der Waals surface area contributed by atoms with E-state index in [1.54, 1.807) is 0 Å². The second-order valence-electron chi connectivity index (χ2n) is 3.86. The van der Waals surface area contributed by atoms with Crippen molar-refractivity contribution in [2.75, 3.05) is 13.1 Å². The number of nitrogens with one attached hydrogen (secondary N) is 1. The normalized spacial score (nSPS) is 10.8. The van der Waals surface area contributed by atoms with Gasteiger partial charge in [-0.3, -0.25) is 4.79 Å². The first kappa shape index (κ1) is 12.8. The number of Topliss-reactive ketones (excluding diaryl/α,β-unsaturated/α-hetero) is 1. The Kier molecular flexibility index (Phi) is 4.55. The van der Waals surface area contributed by atoms with Crippen molar-refractivity contribution in [2.45, 2.75) is 13.8 Å². The first-order valence-electron chi connectivity index (χ1n) is 4.98. The van der Waals surface area contributed by atoms with E-state index in [-0.39, 0.29) is 12.1 Å². The summed E-state index contributed by atoms with van der Waals surface area (Å²) in [6.07, 6.45) is 0. The SMILES string of the molecule is C[C](C)CNCC(=O)c1cc(F)ccc1F. The minimum absolute atomic E-state index is 0.00551. The van der Waals surface area contributed by atoms with Gasteiger partial charge in [-0.25, -0.2) is 8.78 Å². The number of ketones is 1. The van der Waals surface area contributed by atoms with Crippen LogP contribution < -0.4 is 5.32 Å². The molecule has 0 aromatic heterocycles. The Balaban J connectivity index is 2.62. The van der Waals surface area contributed by atoms with Gasteiger partial charge in [0.2, 0.25) is 0 Å². The van der Waals surface area contributed by atoms with Crippen molar-refractivity contribution in [3.63, 3.8) is 0 Å². The molecule has 1 aromatic carbocycles. The Morgan fingerprint density at radius 1 is 1.25 bits per heavy atom. The van der Waals surface area contributed by atoms with E-state index in [1.807, 2.05) is 13.8 Å². The number of carbonyl (C=O) groups excluding carboxylic acids is 1. The van der Waals surface area contributed by atoms with E-state index in [4.69, 9.17) is 0 Å². The van der Waals surface area contributed by atoms with E-state index in [9.17, 15) is 13.6 Å². The molecular formula is C12H14F2NO. The highest BCUT2D eigenvalue weighted by atomic mass is 19.1. The van der Waals surface area contributed by atoms with Crippen molar-refractivity contribution in [3.05, 3.63) is 41.3 Å². The minimum Gasteiger partial charge on any atom is -0.309 e. The van der Waals surface area contributed by atoms with Crippen LogP contribution in [0, 0.1) is 17.6 Å². The molecule has 2 nitrogen and oxygen atoms in total. The van der Waals surface area contributed by atoms with Gasteiger partial charge >= 0.3 is 0 Å². The van der Waals surface area contributed by atoms with Gasteiger partial charge in [0.1, 0.15) is 11.6 Å². The summed E-state index contributed by atoms with van der Waals surface area (Å²) < 4.78 is 26.0. The molecule has 1 aromatic rings. The molecule has 0 unspecified atom stereocenters. The smallest absolute Gasteiger partial charge is 0.179 e. The van der Waals surface area contributed by atoms with Crippen LogP contribution in [0.25, 0.3) is 0 Å². The summed E-state index contributed by atoms with van der Waals surface area (Å²) in [5, 5.41) is 2.85. The van der Waals surface area contributed by atoms with Gasteiger partial charge in [-0.1, -0.05) is 13.8 Å². The molecule has 0 aliphatic heterocycles. The molecule has 0 amide bonds. The Morgan fingerprint density at radius 3 is 2.56 bits per heavy atom. The van der Waals surface area contributed by atoms with Crippen molar-refractivity contribution in [2.24, 2.45) is 0 Å². The third-order valence-corrected chi connectivity index (χ3v) is 1.99. The molecular weight excluding hydrogens is 212 g/mol. The summed E-state index contributed by atoms with van der Waals surface area (Å²) in [6, 6.07) is 2.87. The number of benzene rings is 1. The van der Waals surface area contributed by atoms with E-state index in [2.05, 4.69) is 5.32 Å².